The summed E-state index contributed by atoms with van der Waals surface area (Å²) in [5.41, 5.74) is 1.34. The van der Waals surface area contributed by atoms with Crippen molar-refractivity contribution in [2.24, 2.45) is 0 Å². The van der Waals surface area contributed by atoms with Gasteiger partial charge in [0, 0.05) is 0 Å². The second kappa shape index (κ2) is 5.78. The van der Waals surface area contributed by atoms with Crippen molar-refractivity contribution < 1.29 is 35.1 Å². The lowest BCUT2D eigenvalue weighted by Gasteiger charge is -2.38. The lowest BCUT2D eigenvalue weighted by Crippen LogP contribution is -2.54. The summed E-state index contributed by atoms with van der Waals surface area (Å²) in [4.78, 5) is 0. The van der Waals surface area contributed by atoms with Crippen LogP contribution < -0.4 is 11.5 Å². The molecule has 2 nitrogen and oxygen atoms in total. The fraction of sp³-hybridized carbons (Fsp3) is 0.200. The number of benzene rings is 2. The van der Waals surface area contributed by atoms with Gasteiger partial charge in [0.15, 0.2) is 0 Å². The molecule has 2 rings (SSSR count). The number of hydrogen-bond acceptors (Lipinski definition) is 2. The molecule has 10 heteroatoms. The Hall–Kier alpha value is -2.52. The predicted octanol–water partition coefficient (Wildman–Crippen LogP) is 4.54. The zero-order valence-corrected chi connectivity index (χ0v) is 12.1. The highest BCUT2D eigenvalue weighted by Gasteiger charge is 2.72. The molecule has 0 saturated carbocycles. The Bertz CT molecular complexity index is 728. The first-order valence-electron chi connectivity index (χ1n) is 6.57. The molecule has 0 aliphatic rings. The molecule has 0 aromatic heterocycles. The van der Waals surface area contributed by atoms with Crippen molar-refractivity contribution in [2.45, 2.75) is 17.8 Å². The van der Waals surface area contributed by atoms with E-state index in [1.54, 1.807) is 0 Å². The molecule has 0 heterocycles. The van der Waals surface area contributed by atoms with Crippen LogP contribution in [0.2, 0.25) is 0 Å². The van der Waals surface area contributed by atoms with Gasteiger partial charge in [0.2, 0.25) is 5.41 Å². The highest BCUT2D eigenvalue weighted by molar-refractivity contribution is 5.52. The highest BCUT2D eigenvalue weighted by atomic mass is 19.4. The van der Waals surface area contributed by atoms with Gasteiger partial charge in [0.05, 0.1) is 11.4 Å². The molecule has 0 saturated heterocycles. The van der Waals surface area contributed by atoms with E-state index in [9.17, 15) is 35.1 Å². The van der Waals surface area contributed by atoms with E-state index < -0.39 is 51.9 Å². The normalized spacial score (nSPS) is 13.1. The average Bonchev–Trinajstić information content (AvgIpc) is 2.44. The number of anilines is 2. The van der Waals surface area contributed by atoms with Gasteiger partial charge in [-0.1, -0.05) is 12.1 Å². The van der Waals surface area contributed by atoms with Crippen LogP contribution in [-0.4, -0.2) is 12.4 Å². The van der Waals surface area contributed by atoms with Crippen molar-refractivity contribution >= 4 is 11.4 Å². The van der Waals surface area contributed by atoms with Gasteiger partial charge < -0.3 is 11.5 Å². The maximum absolute atomic E-state index is 13.7. The van der Waals surface area contributed by atoms with Crippen LogP contribution in [0.25, 0.3) is 0 Å². The Balaban J connectivity index is 2.96. The van der Waals surface area contributed by atoms with Gasteiger partial charge >= 0.3 is 12.4 Å². The zero-order chi connectivity index (χ0) is 19.2. The molecule has 0 bridgehead atoms. The van der Waals surface area contributed by atoms with Gasteiger partial charge in [0.25, 0.3) is 0 Å². The number of alkyl halides is 6. The molecule has 0 unspecified atom stereocenters. The number of nitrogens with two attached hydrogens (primary N) is 2. The third kappa shape index (κ3) is 2.85. The Morgan fingerprint density at radius 3 is 1.16 bits per heavy atom. The lowest BCUT2D eigenvalue weighted by atomic mass is 9.72. The van der Waals surface area contributed by atoms with Crippen molar-refractivity contribution in [1.82, 2.24) is 0 Å². The number of halogens is 8. The Morgan fingerprint density at radius 1 is 0.600 bits per heavy atom. The van der Waals surface area contributed by atoms with Crippen LogP contribution in [0.5, 0.6) is 0 Å². The second-order valence-corrected chi connectivity index (χ2v) is 5.22. The first-order valence-corrected chi connectivity index (χ1v) is 6.57. The van der Waals surface area contributed by atoms with Crippen molar-refractivity contribution in [3.05, 3.63) is 59.2 Å². The maximum Gasteiger partial charge on any atom is 0.411 e. The van der Waals surface area contributed by atoms with Gasteiger partial charge in [-0.3, -0.25) is 0 Å². The van der Waals surface area contributed by atoms with Crippen LogP contribution in [0.1, 0.15) is 11.1 Å². The Kier molecular flexibility index (Phi) is 4.35. The summed E-state index contributed by atoms with van der Waals surface area (Å²) in [6, 6.07) is 2.01. The molecule has 2 aromatic carbocycles. The summed E-state index contributed by atoms with van der Waals surface area (Å²) in [6.07, 6.45) is -11.9. The van der Waals surface area contributed by atoms with Gasteiger partial charge in [-0.2, -0.15) is 26.3 Å². The number of nitrogen functional groups attached to an aromatic ring is 2. The minimum absolute atomic E-state index is 0.0323. The molecule has 0 spiro atoms. The summed E-state index contributed by atoms with van der Waals surface area (Å²) in [5.74, 6) is -2.93. The molecular weight excluding hydrogens is 360 g/mol. The summed E-state index contributed by atoms with van der Waals surface area (Å²) < 4.78 is 109. The second-order valence-electron chi connectivity index (χ2n) is 5.22. The third-order valence-electron chi connectivity index (χ3n) is 3.72. The number of rotatable bonds is 2. The van der Waals surface area contributed by atoms with Crippen molar-refractivity contribution in [2.75, 3.05) is 11.5 Å². The summed E-state index contributed by atoms with van der Waals surface area (Å²) in [5, 5.41) is 0. The molecular formula is C15H10F8N2. The smallest absolute Gasteiger partial charge is 0.396 e. The SMILES string of the molecule is Nc1ccc(C(c2ccc(N)c(F)c2)(C(F)(F)F)C(F)(F)F)cc1F. The highest BCUT2D eigenvalue weighted by Crippen LogP contribution is 2.56. The quantitative estimate of drug-likeness (QED) is 0.602. The van der Waals surface area contributed by atoms with Crippen LogP contribution in [0, 0.1) is 11.6 Å². The Labute approximate surface area is 136 Å². The van der Waals surface area contributed by atoms with E-state index in [0.29, 0.717) is 24.3 Å². The molecule has 2 aromatic rings. The lowest BCUT2D eigenvalue weighted by molar-refractivity contribution is -0.288. The predicted molar refractivity (Wildman–Crippen MR) is 74.5 cm³/mol. The first kappa shape index (κ1) is 18.8. The average molecular weight is 370 g/mol. The summed E-state index contributed by atoms with van der Waals surface area (Å²) >= 11 is 0. The zero-order valence-electron chi connectivity index (χ0n) is 12.1. The van der Waals surface area contributed by atoms with Crippen LogP contribution in [0.15, 0.2) is 36.4 Å². The monoisotopic (exact) mass is 370 g/mol. The van der Waals surface area contributed by atoms with Gasteiger partial charge in [-0.05, 0) is 35.4 Å². The van der Waals surface area contributed by atoms with E-state index in [0.717, 1.165) is 0 Å². The summed E-state index contributed by atoms with van der Waals surface area (Å²) in [7, 11) is 0. The molecule has 0 fully saturated rings. The van der Waals surface area contributed by atoms with E-state index in [4.69, 9.17) is 11.5 Å². The van der Waals surface area contributed by atoms with Crippen LogP contribution in [-0.2, 0) is 5.41 Å². The molecule has 0 radical (unpaired) electrons. The van der Waals surface area contributed by atoms with E-state index in [1.165, 1.54) is 0 Å². The molecule has 0 aliphatic heterocycles. The van der Waals surface area contributed by atoms with Crippen molar-refractivity contribution in [3.8, 4) is 0 Å². The van der Waals surface area contributed by atoms with E-state index in [2.05, 4.69) is 0 Å². The van der Waals surface area contributed by atoms with E-state index in [1.807, 2.05) is 0 Å². The first-order chi connectivity index (χ1) is 11.3. The topological polar surface area (TPSA) is 52.0 Å². The molecule has 0 atom stereocenters. The van der Waals surface area contributed by atoms with Crippen LogP contribution in [0.4, 0.5) is 46.5 Å². The van der Waals surface area contributed by atoms with Crippen molar-refractivity contribution in [1.29, 1.82) is 0 Å². The standard InChI is InChI=1S/C15H10F8N2/c16-9-5-7(1-3-11(9)24)13(14(18,19)20,15(21,22)23)8-2-4-12(25)10(17)6-8/h1-6H,24-25H2. The molecule has 0 amide bonds. The van der Waals surface area contributed by atoms with Gasteiger partial charge in [0.1, 0.15) is 11.6 Å². The molecule has 136 valence electrons. The minimum atomic E-state index is -5.96. The van der Waals surface area contributed by atoms with Gasteiger partial charge in [-0.25, -0.2) is 8.78 Å². The molecule has 4 N–H and O–H groups in total. The fourth-order valence-electron chi connectivity index (χ4n) is 2.50. The molecule has 25 heavy (non-hydrogen) atoms. The van der Waals surface area contributed by atoms with E-state index in [-0.39, 0.29) is 12.1 Å². The van der Waals surface area contributed by atoms with E-state index >= 15 is 0 Å². The largest absolute Gasteiger partial charge is 0.411 e. The van der Waals surface area contributed by atoms with Crippen molar-refractivity contribution in [3.63, 3.8) is 0 Å². The Morgan fingerprint density at radius 2 is 0.920 bits per heavy atom. The minimum Gasteiger partial charge on any atom is -0.396 e. The van der Waals surface area contributed by atoms with Crippen LogP contribution in [0.3, 0.4) is 0 Å². The fourth-order valence-corrected chi connectivity index (χ4v) is 2.50. The van der Waals surface area contributed by atoms with Gasteiger partial charge in [-0.15, -0.1) is 0 Å². The summed E-state index contributed by atoms with van der Waals surface area (Å²) in [6.45, 7) is 0. The van der Waals surface area contributed by atoms with Crippen LogP contribution >= 0.6 is 0 Å². The maximum atomic E-state index is 13.7. The number of hydrogen-bond donors (Lipinski definition) is 2. The molecule has 0 aliphatic carbocycles. The third-order valence-corrected chi connectivity index (χ3v) is 3.72.